The molecule has 0 saturated heterocycles. The van der Waals surface area contributed by atoms with Crippen molar-refractivity contribution in [3.8, 4) is 0 Å². The van der Waals surface area contributed by atoms with E-state index >= 15 is 0 Å². The van der Waals surface area contributed by atoms with Gasteiger partial charge >= 0.3 is 0 Å². The average Bonchev–Trinajstić information content (AvgIpc) is 2.29. The van der Waals surface area contributed by atoms with Crippen LogP contribution in [0.5, 0.6) is 0 Å². The van der Waals surface area contributed by atoms with Crippen molar-refractivity contribution < 1.29 is 0 Å². The van der Waals surface area contributed by atoms with Gasteiger partial charge in [-0.2, -0.15) is 0 Å². The second-order valence-electron chi connectivity index (χ2n) is 5.30. The lowest BCUT2D eigenvalue weighted by molar-refractivity contribution is 0.408. The summed E-state index contributed by atoms with van der Waals surface area (Å²) in [6.45, 7) is 6.97. The summed E-state index contributed by atoms with van der Waals surface area (Å²) in [5, 5.41) is 0.935. The number of aromatic nitrogens is 1. The van der Waals surface area contributed by atoms with E-state index in [1.807, 2.05) is 14.1 Å². The number of nitrogen functional groups attached to an aromatic ring is 1. The van der Waals surface area contributed by atoms with Gasteiger partial charge in [-0.3, -0.25) is 0 Å². The van der Waals surface area contributed by atoms with E-state index < -0.39 is 0 Å². The van der Waals surface area contributed by atoms with E-state index in [4.69, 9.17) is 28.9 Å². The molecular weight excluding hydrogens is 283 g/mol. The third kappa shape index (κ3) is 5.05. The lowest BCUT2D eigenvalue weighted by Gasteiger charge is -2.28. The van der Waals surface area contributed by atoms with Crippen molar-refractivity contribution in [3.05, 3.63) is 16.1 Å². The number of nitrogens with zero attached hydrogens (tertiary/aromatic N) is 3. The zero-order valence-corrected chi connectivity index (χ0v) is 13.5. The Morgan fingerprint density at radius 1 is 1.21 bits per heavy atom. The molecule has 1 aromatic rings. The van der Waals surface area contributed by atoms with E-state index in [-0.39, 0.29) is 0 Å². The summed E-state index contributed by atoms with van der Waals surface area (Å²) in [5.74, 6) is 1.54. The number of nitrogens with two attached hydrogens (primary N) is 1. The Morgan fingerprint density at radius 2 is 1.84 bits per heavy atom. The van der Waals surface area contributed by atoms with Crippen molar-refractivity contribution >= 4 is 34.8 Å². The summed E-state index contributed by atoms with van der Waals surface area (Å²) in [6.07, 6.45) is 0. The molecule has 0 saturated carbocycles. The lowest BCUT2D eigenvalue weighted by Crippen LogP contribution is -2.35. The highest BCUT2D eigenvalue weighted by atomic mass is 35.5. The minimum Gasteiger partial charge on any atom is -0.382 e. The van der Waals surface area contributed by atoms with Gasteiger partial charge in [-0.25, -0.2) is 4.98 Å². The van der Waals surface area contributed by atoms with Gasteiger partial charge in [0.25, 0.3) is 0 Å². The van der Waals surface area contributed by atoms with Crippen LogP contribution < -0.4 is 10.6 Å². The molecule has 0 amide bonds. The molecule has 0 bridgehead atoms. The SMILES string of the molecule is CC(C)CN(CCN(C)C)c1nc(N)c(Cl)cc1Cl. The Balaban J connectivity index is 2.99. The van der Waals surface area contributed by atoms with E-state index in [9.17, 15) is 0 Å². The first-order valence-corrected chi connectivity index (χ1v) is 7.08. The molecule has 19 heavy (non-hydrogen) atoms. The first-order valence-electron chi connectivity index (χ1n) is 6.32. The molecule has 2 N–H and O–H groups in total. The fourth-order valence-corrected chi connectivity index (χ4v) is 2.22. The highest BCUT2D eigenvalue weighted by Gasteiger charge is 2.16. The molecule has 0 aromatic carbocycles. The molecule has 4 nitrogen and oxygen atoms in total. The van der Waals surface area contributed by atoms with Crippen molar-refractivity contribution in [3.63, 3.8) is 0 Å². The largest absolute Gasteiger partial charge is 0.382 e. The van der Waals surface area contributed by atoms with Crippen LogP contribution in [0, 0.1) is 5.92 Å². The van der Waals surface area contributed by atoms with Gasteiger partial charge in [0, 0.05) is 19.6 Å². The smallest absolute Gasteiger partial charge is 0.149 e. The Bertz CT molecular complexity index is 421. The summed E-state index contributed by atoms with van der Waals surface area (Å²) in [5.41, 5.74) is 5.78. The van der Waals surface area contributed by atoms with Gasteiger partial charge in [0.2, 0.25) is 0 Å². The number of pyridine rings is 1. The Morgan fingerprint density at radius 3 is 2.37 bits per heavy atom. The second kappa shape index (κ2) is 7.17. The zero-order valence-electron chi connectivity index (χ0n) is 12.0. The highest BCUT2D eigenvalue weighted by Crippen LogP contribution is 2.30. The van der Waals surface area contributed by atoms with Gasteiger partial charge in [-0.15, -0.1) is 0 Å². The van der Waals surface area contributed by atoms with Crippen LogP contribution in [0.25, 0.3) is 0 Å². The fraction of sp³-hybridized carbons (Fsp3) is 0.615. The molecule has 0 aliphatic heterocycles. The molecule has 0 spiro atoms. The average molecular weight is 305 g/mol. The number of hydrogen-bond acceptors (Lipinski definition) is 4. The van der Waals surface area contributed by atoms with E-state index in [0.717, 1.165) is 19.6 Å². The monoisotopic (exact) mass is 304 g/mol. The fourth-order valence-electron chi connectivity index (χ4n) is 1.74. The van der Waals surface area contributed by atoms with Gasteiger partial charge in [-0.05, 0) is 26.1 Å². The van der Waals surface area contributed by atoms with Crippen molar-refractivity contribution in [2.24, 2.45) is 5.92 Å². The number of likely N-dealkylation sites (N-methyl/N-ethyl adjacent to an activating group) is 1. The maximum atomic E-state index is 6.24. The predicted octanol–water partition coefficient (Wildman–Crippen LogP) is 2.99. The predicted molar refractivity (Wildman–Crippen MR) is 84.3 cm³/mol. The van der Waals surface area contributed by atoms with Crippen molar-refractivity contribution in [1.82, 2.24) is 9.88 Å². The molecule has 6 heteroatoms. The lowest BCUT2D eigenvalue weighted by atomic mass is 10.2. The van der Waals surface area contributed by atoms with Crippen LogP contribution in [-0.2, 0) is 0 Å². The highest BCUT2D eigenvalue weighted by molar-refractivity contribution is 6.37. The number of hydrogen-bond donors (Lipinski definition) is 1. The molecule has 1 aromatic heterocycles. The molecule has 108 valence electrons. The van der Waals surface area contributed by atoms with Crippen LogP contribution in [0.2, 0.25) is 10.0 Å². The molecule has 1 rings (SSSR count). The summed E-state index contributed by atoms with van der Waals surface area (Å²) in [7, 11) is 4.08. The maximum Gasteiger partial charge on any atom is 0.149 e. The summed E-state index contributed by atoms with van der Waals surface area (Å²) >= 11 is 12.2. The topological polar surface area (TPSA) is 45.4 Å². The second-order valence-corrected chi connectivity index (χ2v) is 6.12. The third-order valence-corrected chi connectivity index (χ3v) is 3.22. The van der Waals surface area contributed by atoms with Crippen LogP contribution in [0.4, 0.5) is 11.6 Å². The molecule has 0 aliphatic carbocycles. The van der Waals surface area contributed by atoms with Crippen LogP contribution in [0.15, 0.2) is 6.07 Å². The van der Waals surface area contributed by atoms with E-state index in [2.05, 4.69) is 28.6 Å². The summed E-state index contributed by atoms with van der Waals surface area (Å²) in [4.78, 5) is 8.60. The molecule has 0 fully saturated rings. The normalized spacial score (nSPS) is 11.4. The van der Waals surface area contributed by atoms with Crippen LogP contribution in [0.1, 0.15) is 13.8 Å². The number of halogens is 2. The minimum absolute atomic E-state index is 0.319. The molecule has 1 heterocycles. The van der Waals surface area contributed by atoms with Crippen LogP contribution in [0.3, 0.4) is 0 Å². The molecule has 0 atom stereocenters. The minimum atomic E-state index is 0.319. The van der Waals surface area contributed by atoms with Crippen molar-refractivity contribution in [2.45, 2.75) is 13.8 Å². The Kier molecular flexibility index (Phi) is 6.17. The molecule has 0 aliphatic rings. The zero-order chi connectivity index (χ0) is 14.6. The van der Waals surface area contributed by atoms with Crippen molar-refractivity contribution in [1.29, 1.82) is 0 Å². The van der Waals surface area contributed by atoms with Gasteiger partial charge in [0.05, 0.1) is 10.0 Å². The van der Waals surface area contributed by atoms with Gasteiger partial charge in [0.15, 0.2) is 0 Å². The van der Waals surface area contributed by atoms with Crippen LogP contribution >= 0.6 is 23.2 Å². The van der Waals surface area contributed by atoms with E-state index in [0.29, 0.717) is 27.6 Å². The summed E-state index contributed by atoms with van der Waals surface area (Å²) in [6, 6.07) is 1.66. The maximum absolute atomic E-state index is 6.24. The van der Waals surface area contributed by atoms with Gasteiger partial charge < -0.3 is 15.5 Å². The first kappa shape index (κ1) is 16.3. The summed E-state index contributed by atoms with van der Waals surface area (Å²) < 4.78 is 0. The van der Waals surface area contributed by atoms with Crippen molar-refractivity contribution in [2.75, 3.05) is 44.4 Å². The Labute approximate surface area is 125 Å². The molecular formula is C13H22Cl2N4. The number of rotatable bonds is 6. The Hall–Kier alpha value is -0.710. The first-order chi connectivity index (χ1) is 8.81. The quantitative estimate of drug-likeness (QED) is 0.877. The van der Waals surface area contributed by atoms with E-state index in [1.54, 1.807) is 6.07 Å². The molecule has 0 radical (unpaired) electrons. The molecule has 0 unspecified atom stereocenters. The van der Waals surface area contributed by atoms with Gasteiger partial charge in [0.1, 0.15) is 11.6 Å². The standard InChI is InChI=1S/C13H22Cl2N4/c1-9(2)8-19(6-5-18(3)4)13-11(15)7-10(14)12(16)17-13/h7,9H,5-6,8H2,1-4H3,(H2,16,17). The van der Waals surface area contributed by atoms with Gasteiger partial charge in [-0.1, -0.05) is 37.0 Å². The number of anilines is 2. The van der Waals surface area contributed by atoms with E-state index in [1.165, 1.54) is 0 Å². The van der Waals surface area contributed by atoms with Crippen LogP contribution in [-0.4, -0.2) is 43.6 Å². The third-order valence-electron chi connectivity index (χ3n) is 2.64.